The van der Waals surface area contributed by atoms with Gasteiger partial charge in [-0.05, 0) is 45.6 Å². The number of hydrogen-bond donors (Lipinski definition) is 4. The maximum atomic E-state index is 11.8. The summed E-state index contributed by atoms with van der Waals surface area (Å²) >= 11 is 0. The van der Waals surface area contributed by atoms with Crippen molar-refractivity contribution in [2.24, 2.45) is 11.3 Å². The summed E-state index contributed by atoms with van der Waals surface area (Å²) in [6, 6.07) is 0. The summed E-state index contributed by atoms with van der Waals surface area (Å²) in [4.78, 5) is 0. The van der Waals surface area contributed by atoms with Crippen LogP contribution in [0.25, 0.3) is 0 Å². The number of aliphatic hydroxyl groups excluding tert-OH is 1. The van der Waals surface area contributed by atoms with E-state index in [1.54, 1.807) is 0 Å². The molecule has 0 radical (unpaired) electrons. The summed E-state index contributed by atoms with van der Waals surface area (Å²) in [5.74, 6) is -0.785. The molecule has 182 valence electrons. The minimum atomic E-state index is -1.27. The first kappa shape index (κ1) is 28.3. The van der Waals surface area contributed by atoms with E-state index in [9.17, 15) is 10.2 Å². The Hall–Kier alpha value is -0.720. The molecule has 0 saturated carbocycles. The van der Waals surface area contributed by atoms with Gasteiger partial charge in [0.2, 0.25) is 0 Å². The zero-order chi connectivity index (χ0) is 23.3. The van der Waals surface area contributed by atoms with Crippen LogP contribution in [0.2, 0.25) is 0 Å². The Kier molecular flexibility index (Phi) is 13.2. The van der Waals surface area contributed by atoms with E-state index in [4.69, 9.17) is 4.74 Å². The zero-order valence-corrected chi connectivity index (χ0v) is 21.0. The van der Waals surface area contributed by atoms with Crippen molar-refractivity contribution in [2.45, 2.75) is 117 Å². The minimum absolute atomic E-state index is 0.273. The van der Waals surface area contributed by atoms with E-state index in [-0.39, 0.29) is 6.23 Å². The maximum absolute atomic E-state index is 11.8. The second-order valence-corrected chi connectivity index (χ2v) is 9.88. The third kappa shape index (κ3) is 9.75. The van der Waals surface area contributed by atoms with Crippen molar-refractivity contribution in [1.29, 1.82) is 0 Å². The van der Waals surface area contributed by atoms with Gasteiger partial charge >= 0.3 is 0 Å². The second kappa shape index (κ2) is 14.4. The van der Waals surface area contributed by atoms with E-state index in [1.165, 1.54) is 37.7 Å². The highest BCUT2D eigenvalue weighted by Gasteiger charge is 2.47. The highest BCUT2D eigenvalue weighted by atomic mass is 16.5. The maximum Gasteiger partial charge on any atom is 0.179 e. The molecule has 0 aromatic heterocycles. The van der Waals surface area contributed by atoms with E-state index in [0.29, 0.717) is 25.4 Å². The smallest absolute Gasteiger partial charge is 0.179 e. The number of ether oxygens (including phenoxy) is 1. The highest BCUT2D eigenvalue weighted by Crippen LogP contribution is 2.41. The summed E-state index contributed by atoms with van der Waals surface area (Å²) in [6.07, 6.45) is 16.3. The van der Waals surface area contributed by atoms with Crippen LogP contribution in [0.5, 0.6) is 0 Å². The fraction of sp³-hybridized carbons (Fsp3) is 0.846. The molecule has 1 aliphatic heterocycles. The summed E-state index contributed by atoms with van der Waals surface area (Å²) in [6.45, 7) is 11.2. The lowest BCUT2D eigenvalue weighted by Crippen LogP contribution is -2.68. The molecule has 1 saturated heterocycles. The highest BCUT2D eigenvalue weighted by molar-refractivity contribution is 5.21. The van der Waals surface area contributed by atoms with E-state index >= 15 is 0 Å². The van der Waals surface area contributed by atoms with E-state index in [2.05, 4.69) is 63.5 Å². The molecule has 31 heavy (non-hydrogen) atoms. The average molecular weight is 439 g/mol. The van der Waals surface area contributed by atoms with Gasteiger partial charge < -0.3 is 14.9 Å². The Bertz CT molecular complexity index is 541. The average Bonchev–Trinajstić information content (AvgIpc) is 2.75. The van der Waals surface area contributed by atoms with Crippen molar-refractivity contribution in [2.75, 3.05) is 13.7 Å². The van der Waals surface area contributed by atoms with Crippen molar-refractivity contribution in [3.8, 4) is 0 Å². The first-order valence-corrected chi connectivity index (χ1v) is 12.5. The predicted molar refractivity (Wildman–Crippen MR) is 131 cm³/mol. The third-order valence-corrected chi connectivity index (χ3v) is 6.60. The lowest BCUT2D eigenvalue weighted by molar-refractivity contribution is -0.178. The summed E-state index contributed by atoms with van der Waals surface area (Å²) < 4.78 is 5.77. The Morgan fingerprint density at radius 3 is 2.39 bits per heavy atom. The lowest BCUT2D eigenvalue weighted by Gasteiger charge is -2.48. The monoisotopic (exact) mass is 438 g/mol. The first-order valence-electron chi connectivity index (χ1n) is 12.5. The molecule has 0 aromatic rings. The Balaban J connectivity index is 2.97. The molecule has 0 bridgehead atoms. The van der Waals surface area contributed by atoms with Gasteiger partial charge in [0.25, 0.3) is 0 Å². The molecule has 4 atom stereocenters. The van der Waals surface area contributed by atoms with E-state index < -0.39 is 17.4 Å². The van der Waals surface area contributed by atoms with Gasteiger partial charge in [-0.3, -0.25) is 10.6 Å². The number of rotatable bonds is 15. The largest absolute Gasteiger partial charge is 0.391 e. The Morgan fingerprint density at radius 1 is 1.16 bits per heavy atom. The fourth-order valence-corrected chi connectivity index (χ4v) is 4.35. The first-order chi connectivity index (χ1) is 14.7. The van der Waals surface area contributed by atoms with Crippen LogP contribution < -0.4 is 10.6 Å². The van der Waals surface area contributed by atoms with Crippen LogP contribution in [-0.4, -0.2) is 42.0 Å². The van der Waals surface area contributed by atoms with Crippen LogP contribution in [-0.2, 0) is 4.74 Å². The van der Waals surface area contributed by atoms with Crippen LogP contribution in [0.3, 0.4) is 0 Å². The zero-order valence-electron chi connectivity index (χ0n) is 21.0. The van der Waals surface area contributed by atoms with Crippen LogP contribution in [0.15, 0.2) is 23.8 Å². The molecule has 4 unspecified atom stereocenters. The lowest BCUT2D eigenvalue weighted by atomic mass is 9.73. The molecule has 1 rings (SSSR count). The van der Waals surface area contributed by atoms with Gasteiger partial charge in [-0.25, -0.2) is 0 Å². The molecule has 5 heteroatoms. The van der Waals surface area contributed by atoms with Crippen LogP contribution >= 0.6 is 0 Å². The van der Waals surface area contributed by atoms with Crippen LogP contribution in [0.4, 0.5) is 0 Å². The van der Waals surface area contributed by atoms with Crippen molar-refractivity contribution < 1.29 is 14.9 Å². The summed E-state index contributed by atoms with van der Waals surface area (Å²) in [7, 11) is 1.81. The SMILES string of the molecule is C/C=C(\C=C/C(C)C)CC(C)(CCCCCCCC)C(O)(NC)NC1CCC(O)CO1. The molecular formula is C26H50N2O3. The van der Waals surface area contributed by atoms with Crippen molar-refractivity contribution in [3.63, 3.8) is 0 Å². The molecule has 1 heterocycles. The van der Waals surface area contributed by atoms with E-state index in [0.717, 1.165) is 19.3 Å². The van der Waals surface area contributed by atoms with Gasteiger partial charge in [0, 0.05) is 5.41 Å². The number of unbranched alkanes of at least 4 members (excludes halogenated alkanes) is 5. The number of hydrogen-bond acceptors (Lipinski definition) is 5. The van der Waals surface area contributed by atoms with Gasteiger partial charge in [0.05, 0.1) is 12.7 Å². The molecule has 5 nitrogen and oxygen atoms in total. The quantitative estimate of drug-likeness (QED) is 0.160. The molecule has 4 N–H and O–H groups in total. The van der Waals surface area contributed by atoms with Gasteiger partial charge in [0.1, 0.15) is 6.23 Å². The number of allylic oxidation sites excluding steroid dienone is 4. The third-order valence-electron chi connectivity index (χ3n) is 6.60. The topological polar surface area (TPSA) is 73.8 Å². The molecular weight excluding hydrogens is 388 g/mol. The summed E-state index contributed by atoms with van der Waals surface area (Å²) in [5, 5.41) is 28.1. The standard InChI is InChI=1S/C26H50N2O3/c1-7-9-10-11-12-13-18-25(5,19-22(8-2)15-14-21(3)4)26(30,27-6)28-24-17-16-23(29)20-31-24/h8,14-15,21,23-24,27-30H,7,9-13,16-20H2,1-6H3/b15-14-,22-8+. The van der Waals surface area contributed by atoms with Crippen molar-refractivity contribution in [1.82, 2.24) is 10.6 Å². The van der Waals surface area contributed by atoms with Gasteiger partial charge in [-0.2, -0.15) is 0 Å². The summed E-state index contributed by atoms with van der Waals surface area (Å²) in [5.41, 5.74) is 0.812. The molecule has 1 fully saturated rings. The molecule has 0 aromatic carbocycles. The molecule has 0 spiro atoms. The van der Waals surface area contributed by atoms with Gasteiger partial charge in [-0.15, -0.1) is 0 Å². The van der Waals surface area contributed by atoms with Crippen molar-refractivity contribution >= 4 is 0 Å². The second-order valence-electron chi connectivity index (χ2n) is 9.88. The van der Waals surface area contributed by atoms with Crippen LogP contribution in [0, 0.1) is 11.3 Å². The van der Waals surface area contributed by atoms with E-state index in [1.807, 2.05) is 7.05 Å². The number of nitrogens with one attached hydrogen (secondary N) is 2. The fourth-order valence-electron chi connectivity index (χ4n) is 4.35. The predicted octanol–water partition coefficient (Wildman–Crippen LogP) is 5.24. The van der Waals surface area contributed by atoms with Gasteiger partial charge in [-0.1, -0.05) is 90.0 Å². The van der Waals surface area contributed by atoms with Crippen molar-refractivity contribution in [3.05, 3.63) is 23.8 Å². The molecule has 0 aliphatic carbocycles. The Labute approximate surface area is 191 Å². The molecule has 0 amide bonds. The number of aliphatic hydroxyl groups is 2. The molecule has 1 aliphatic rings. The van der Waals surface area contributed by atoms with Crippen LogP contribution in [0.1, 0.15) is 98.8 Å². The Morgan fingerprint density at radius 2 is 1.84 bits per heavy atom. The van der Waals surface area contributed by atoms with Gasteiger partial charge in [0.15, 0.2) is 5.85 Å². The minimum Gasteiger partial charge on any atom is -0.391 e. The normalized spacial score (nSPS) is 24.5.